The number of rotatable bonds is 13. The second kappa shape index (κ2) is 18.7. The standard InChI is InChI=1S/C44H58N4O7/c1-44(2,3)46-42(52)38-23-22-32-9-4-5-11-37(32)48(38)27-36-25-39(33-16-14-29(28-49)15-17-33)55-43(54-36)34-20-18-31(19-21-34)35-10-6-8-30(24-35)26-45-40(50)12-7-13-41(51)47-53/h6,8,10,14-21,24,32,36-39,43,49,53H,4-5,7,9,11-13,22-23,25-28H2,1-3H3,(H,45,50)(H,46,52)(H,47,51)/t32-,36-,37-,38-,39+,43+/m1/s1. The number of benzene rings is 3. The van der Waals surface area contributed by atoms with Crippen LogP contribution in [0.3, 0.4) is 0 Å². The summed E-state index contributed by atoms with van der Waals surface area (Å²) < 4.78 is 13.5. The molecule has 2 heterocycles. The van der Waals surface area contributed by atoms with Crippen molar-refractivity contribution in [2.24, 2.45) is 5.92 Å². The van der Waals surface area contributed by atoms with E-state index < -0.39 is 12.2 Å². The first kappa shape index (κ1) is 40.5. The van der Waals surface area contributed by atoms with Crippen LogP contribution in [0.25, 0.3) is 11.1 Å². The number of carbonyl (C=O) groups excluding carboxylic acids is 3. The number of carbonyl (C=O) groups is 3. The van der Waals surface area contributed by atoms with Crippen molar-refractivity contribution in [2.45, 2.75) is 134 Å². The van der Waals surface area contributed by atoms with Crippen molar-refractivity contribution < 1.29 is 34.2 Å². The molecule has 5 N–H and O–H groups in total. The number of piperidine rings is 1. The Hall–Kier alpha value is -4.13. The number of amides is 3. The average Bonchev–Trinajstić information content (AvgIpc) is 3.19. The van der Waals surface area contributed by atoms with E-state index in [4.69, 9.17) is 14.7 Å². The Morgan fingerprint density at radius 2 is 1.55 bits per heavy atom. The highest BCUT2D eigenvalue weighted by molar-refractivity contribution is 5.82. The van der Waals surface area contributed by atoms with Gasteiger partial charge in [-0.05, 0) is 92.7 Å². The van der Waals surface area contributed by atoms with Gasteiger partial charge < -0.3 is 25.2 Å². The number of hydrogen-bond acceptors (Lipinski definition) is 8. The molecule has 3 amide bonds. The van der Waals surface area contributed by atoms with Crippen molar-refractivity contribution in [1.82, 2.24) is 21.0 Å². The summed E-state index contributed by atoms with van der Waals surface area (Å²) in [5, 5.41) is 24.5. The Morgan fingerprint density at radius 1 is 0.818 bits per heavy atom. The van der Waals surface area contributed by atoms with Gasteiger partial charge in [0.2, 0.25) is 17.7 Å². The Bertz CT molecular complexity index is 1740. The van der Waals surface area contributed by atoms with Crippen molar-refractivity contribution in [2.75, 3.05) is 6.54 Å². The quantitative estimate of drug-likeness (QED) is 0.0966. The first-order valence-electron chi connectivity index (χ1n) is 20.0. The predicted molar refractivity (Wildman–Crippen MR) is 209 cm³/mol. The van der Waals surface area contributed by atoms with Crippen molar-refractivity contribution in [3.8, 4) is 11.1 Å². The van der Waals surface area contributed by atoms with Crippen molar-refractivity contribution in [3.05, 3.63) is 95.1 Å². The van der Waals surface area contributed by atoms with Crippen LogP contribution in [-0.2, 0) is 37.0 Å². The van der Waals surface area contributed by atoms with E-state index in [9.17, 15) is 19.5 Å². The normalized spacial score (nSPS) is 24.4. The molecule has 2 aliphatic heterocycles. The zero-order valence-corrected chi connectivity index (χ0v) is 32.5. The number of hydroxylamine groups is 1. The summed E-state index contributed by atoms with van der Waals surface area (Å²) in [5.74, 6) is 0.0329. The minimum atomic E-state index is -0.617. The van der Waals surface area contributed by atoms with E-state index in [2.05, 4.69) is 27.7 Å². The molecule has 0 radical (unpaired) electrons. The molecule has 3 fully saturated rings. The fraction of sp³-hybridized carbons (Fsp3) is 0.523. The minimum absolute atomic E-state index is 0.0209. The molecule has 6 rings (SSSR count). The van der Waals surface area contributed by atoms with Gasteiger partial charge in [0.1, 0.15) is 0 Å². The molecule has 3 aromatic carbocycles. The highest BCUT2D eigenvalue weighted by atomic mass is 16.7. The summed E-state index contributed by atoms with van der Waals surface area (Å²) in [6.45, 7) is 7.10. The molecule has 1 saturated carbocycles. The molecule has 2 saturated heterocycles. The minimum Gasteiger partial charge on any atom is -0.392 e. The van der Waals surface area contributed by atoms with Crippen LogP contribution in [-0.4, -0.2) is 63.2 Å². The van der Waals surface area contributed by atoms with Crippen molar-refractivity contribution >= 4 is 17.7 Å². The number of ether oxygens (including phenoxy) is 2. The fourth-order valence-corrected chi connectivity index (χ4v) is 8.44. The van der Waals surface area contributed by atoms with Gasteiger partial charge in [-0.15, -0.1) is 0 Å². The Kier molecular flexibility index (Phi) is 13.8. The predicted octanol–water partition coefficient (Wildman–Crippen LogP) is 6.62. The summed E-state index contributed by atoms with van der Waals surface area (Å²) in [7, 11) is 0. The zero-order chi connectivity index (χ0) is 39.0. The van der Waals surface area contributed by atoms with Crippen molar-refractivity contribution in [3.63, 3.8) is 0 Å². The zero-order valence-electron chi connectivity index (χ0n) is 32.5. The largest absolute Gasteiger partial charge is 0.392 e. The van der Waals surface area contributed by atoms with E-state index >= 15 is 0 Å². The molecule has 0 bridgehead atoms. The van der Waals surface area contributed by atoms with E-state index in [1.807, 2.05) is 81.4 Å². The molecule has 55 heavy (non-hydrogen) atoms. The smallest absolute Gasteiger partial charge is 0.243 e. The van der Waals surface area contributed by atoms with Crippen LogP contribution in [0.15, 0.2) is 72.8 Å². The molecule has 0 spiro atoms. The maximum atomic E-state index is 13.8. The van der Waals surface area contributed by atoms with Gasteiger partial charge in [0.05, 0.1) is 24.9 Å². The van der Waals surface area contributed by atoms with Crippen LogP contribution in [0.4, 0.5) is 0 Å². The number of fused-ring (bicyclic) bond motifs is 1. The number of nitrogens with zero attached hydrogens (tertiary/aromatic N) is 1. The SMILES string of the molecule is CC(C)(C)NC(=O)[C@H]1CC[C@H]2CCCC[C@H]2N1C[C@H]1C[C@@H](c2ccc(CO)cc2)O[C@@H](c2ccc(-c3cccc(CNC(=O)CCCC(=O)NO)c3)cc2)O1. The maximum Gasteiger partial charge on any atom is 0.243 e. The van der Waals surface area contributed by atoms with E-state index in [-0.39, 0.29) is 55.1 Å². The van der Waals surface area contributed by atoms with Gasteiger partial charge in [-0.25, -0.2) is 5.48 Å². The number of nitrogens with one attached hydrogen (secondary N) is 3. The molecule has 1 aliphatic carbocycles. The summed E-state index contributed by atoms with van der Waals surface area (Å²) in [5.41, 5.74) is 7.02. The Balaban J connectivity index is 1.19. The summed E-state index contributed by atoms with van der Waals surface area (Å²) in [4.78, 5) is 39.8. The number of likely N-dealkylation sites (tertiary alicyclic amines) is 1. The lowest BCUT2D eigenvalue weighted by Crippen LogP contribution is -2.61. The summed E-state index contributed by atoms with van der Waals surface area (Å²) in [6.07, 6.45) is 6.93. The lowest BCUT2D eigenvalue weighted by molar-refractivity contribution is -0.255. The van der Waals surface area contributed by atoms with Gasteiger partial charge in [0.15, 0.2) is 6.29 Å². The molecule has 3 aromatic rings. The third kappa shape index (κ3) is 11.0. The molecule has 11 heteroatoms. The lowest BCUT2D eigenvalue weighted by atomic mass is 9.75. The van der Waals surface area contributed by atoms with E-state index in [1.165, 1.54) is 19.3 Å². The maximum absolute atomic E-state index is 13.8. The number of aliphatic hydroxyl groups is 1. The summed E-state index contributed by atoms with van der Waals surface area (Å²) >= 11 is 0. The lowest BCUT2D eigenvalue weighted by Gasteiger charge is -2.50. The monoisotopic (exact) mass is 754 g/mol. The average molecular weight is 755 g/mol. The molecule has 3 aliphatic rings. The second-order valence-corrected chi connectivity index (χ2v) is 16.5. The van der Waals surface area contributed by atoms with Crippen LogP contribution in [0, 0.1) is 5.92 Å². The molecular formula is C44H58N4O7. The van der Waals surface area contributed by atoms with Crippen LogP contribution in [0.2, 0.25) is 0 Å². The van der Waals surface area contributed by atoms with Gasteiger partial charge in [-0.1, -0.05) is 79.6 Å². The van der Waals surface area contributed by atoms with E-state index in [0.717, 1.165) is 52.6 Å². The topological polar surface area (TPSA) is 149 Å². The number of aliphatic hydroxyl groups excluding tert-OH is 1. The highest BCUT2D eigenvalue weighted by Gasteiger charge is 2.44. The van der Waals surface area contributed by atoms with Crippen LogP contribution >= 0.6 is 0 Å². The first-order valence-corrected chi connectivity index (χ1v) is 20.0. The molecule has 11 nitrogen and oxygen atoms in total. The Labute approximate surface area is 325 Å². The molecule has 0 unspecified atom stereocenters. The molecule has 6 atom stereocenters. The highest BCUT2D eigenvalue weighted by Crippen LogP contribution is 2.42. The molecule has 0 aromatic heterocycles. The van der Waals surface area contributed by atoms with E-state index in [0.29, 0.717) is 37.9 Å². The third-order valence-electron chi connectivity index (χ3n) is 11.2. The summed E-state index contributed by atoms with van der Waals surface area (Å²) in [6, 6.07) is 24.3. The Morgan fingerprint density at radius 3 is 2.27 bits per heavy atom. The van der Waals surface area contributed by atoms with E-state index in [1.54, 1.807) is 5.48 Å². The van der Waals surface area contributed by atoms with Gasteiger partial charge in [0.25, 0.3) is 0 Å². The second-order valence-electron chi connectivity index (χ2n) is 16.5. The first-order chi connectivity index (χ1) is 26.5. The van der Waals surface area contributed by atoms with Crippen LogP contribution in [0.5, 0.6) is 0 Å². The third-order valence-corrected chi connectivity index (χ3v) is 11.2. The van der Waals surface area contributed by atoms with Crippen molar-refractivity contribution in [1.29, 1.82) is 0 Å². The van der Waals surface area contributed by atoms with Crippen LogP contribution in [0.1, 0.15) is 120 Å². The van der Waals surface area contributed by atoms with Gasteiger partial charge >= 0.3 is 0 Å². The van der Waals surface area contributed by atoms with Gasteiger partial charge in [-0.3, -0.25) is 24.5 Å². The van der Waals surface area contributed by atoms with Gasteiger partial charge in [0, 0.05) is 49.5 Å². The van der Waals surface area contributed by atoms with Crippen LogP contribution < -0.4 is 16.1 Å². The van der Waals surface area contributed by atoms with Gasteiger partial charge in [-0.2, -0.15) is 0 Å². The molecular weight excluding hydrogens is 697 g/mol. The fourth-order valence-electron chi connectivity index (χ4n) is 8.44. The molecule has 296 valence electrons. The number of hydrogen-bond donors (Lipinski definition) is 5.